The van der Waals surface area contributed by atoms with Gasteiger partial charge in [-0.25, -0.2) is 0 Å². The highest BCUT2D eigenvalue weighted by molar-refractivity contribution is 9.10. The van der Waals surface area contributed by atoms with Gasteiger partial charge >= 0.3 is 0 Å². The van der Waals surface area contributed by atoms with Crippen molar-refractivity contribution in [1.29, 1.82) is 5.26 Å². The number of hydrogen-bond donors (Lipinski definition) is 1. The van der Waals surface area contributed by atoms with Gasteiger partial charge in [0.05, 0.1) is 5.69 Å². The van der Waals surface area contributed by atoms with Crippen LogP contribution in [0.4, 0.5) is 0 Å². The Bertz CT molecular complexity index is 950. The fraction of sp³-hybridized carbons (Fsp3) is 0.0588. The first-order valence-corrected chi connectivity index (χ1v) is 8.20. The molecule has 1 aromatic carbocycles. The quantitative estimate of drug-likeness (QED) is 0.709. The minimum atomic E-state index is -0.364. The van der Waals surface area contributed by atoms with E-state index in [0.29, 0.717) is 11.3 Å². The third-order valence-corrected chi connectivity index (χ3v) is 5.04. The molecule has 0 unspecified atom stereocenters. The molecule has 0 bridgehead atoms. The third-order valence-electron chi connectivity index (χ3n) is 3.31. The maximum Gasteiger partial charge on any atom is 0.267 e. The number of aromatic nitrogens is 1. The number of hydrogen-bond acceptors (Lipinski definition) is 3. The van der Waals surface area contributed by atoms with Gasteiger partial charge in [0.15, 0.2) is 0 Å². The summed E-state index contributed by atoms with van der Waals surface area (Å²) in [6, 6.07) is 15.5. The first-order chi connectivity index (χ1) is 10.6. The minimum Gasteiger partial charge on any atom is -0.321 e. The molecule has 0 spiro atoms. The Balaban J connectivity index is 2.28. The van der Waals surface area contributed by atoms with Crippen LogP contribution in [-0.2, 0) is 0 Å². The minimum absolute atomic E-state index is 0.151. The summed E-state index contributed by atoms with van der Waals surface area (Å²) in [5.74, 6) is 0. The molecule has 2 aromatic heterocycles. The molecule has 1 N–H and O–H groups in total. The van der Waals surface area contributed by atoms with Crippen LogP contribution in [0.15, 0.2) is 51.7 Å². The lowest BCUT2D eigenvalue weighted by molar-refractivity contribution is 1.22. The maximum absolute atomic E-state index is 12.3. The van der Waals surface area contributed by atoms with Crippen molar-refractivity contribution in [1.82, 2.24) is 4.98 Å². The van der Waals surface area contributed by atoms with E-state index < -0.39 is 0 Å². The monoisotopic (exact) mass is 370 g/mol. The Kier molecular flexibility index (Phi) is 3.97. The van der Waals surface area contributed by atoms with Crippen molar-refractivity contribution in [2.45, 2.75) is 6.92 Å². The lowest BCUT2D eigenvalue weighted by Gasteiger charge is -2.08. The predicted octanol–water partition coefficient (Wildman–Crippen LogP) is 4.71. The summed E-state index contributed by atoms with van der Waals surface area (Å²) in [6.45, 7) is 2.00. The van der Waals surface area contributed by atoms with Crippen LogP contribution in [0.1, 0.15) is 10.4 Å². The van der Waals surface area contributed by atoms with Crippen molar-refractivity contribution in [2.75, 3.05) is 0 Å². The fourth-order valence-corrected chi connectivity index (χ4v) is 3.66. The third kappa shape index (κ3) is 2.63. The molecule has 0 radical (unpaired) electrons. The van der Waals surface area contributed by atoms with Crippen LogP contribution in [0.3, 0.4) is 0 Å². The van der Waals surface area contributed by atoms with Gasteiger partial charge in [-0.05, 0) is 31.2 Å². The molecule has 108 valence electrons. The van der Waals surface area contributed by atoms with Gasteiger partial charge in [0.1, 0.15) is 11.6 Å². The molecule has 5 heteroatoms. The van der Waals surface area contributed by atoms with Crippen molar-refractivity contribution in [2.24, 2.45) is 0 Å². The molecule has 0 aliphatic carbocycles. The van der Waals surface area contributed by atoms with Crippen LogP contribution in [-0.4, -0.2) is 4.98 Å². The van der Waals surface area contributed by atoms with Gasteiger partial charge in [-0.1, -0.05) is 34.1 Å². The summed E-state index contributed by atoms with van der Waals surface area (Å²) < 4.78 is 0.892. The van der Waals surface area contributed by atoms with Gasteiger partial charge in [0.2, 0.25) is 0 Å². The summed E-state index contributed by atoms with van der Waals surface area (Å²) in [5, 5.41) is 9.31. The van der Waals surface area contributed by atoms with Crippen molar-refractivity contribution in [3.63, 3.8) is 0 Å². The van der Waals surface area contributed by atoms with Crippen molar-refractivity contribution < 1.29 is 0 Å². The topological polar surface area (TPSA) is 56.6 Å². The Labute approximate surface area is 140 Å². The highest BCUT2D eigenvalue weighted by atomic mass is 79.9. The van der Waals surface area contributed by atoms with E-state index in [0.717, 1.165) is 19.8 Å². The highest BCUT2D eigenvalue weighted by Crippen LogP contribution is 2.33. The Morgan fingerprint density at radius 3 is 2.59 bits per heavy atom. The summed E-state index contributed by atoms with van der Waals surface area (Å²) in [7, 11) is 0. The van der Waals surface area contributed by atoms with E-state index in [1.165, 1.54) is 0 Å². The smallest absolute Gasteiger partial charge is 0.267 e. The Morgan fingerprint density at radius 2 is 1.95 bits per heavy atom. The molecular weight excluding hydrogens is 360 g/mol. The zero-order valence-electron chi connectivity index (χ0n) is 11.7. The maximum atomic E-state index is 12.3. The first-order valence-electron chi connectivity index (χ1n) is 6.59. The van der Waals surface area contributed by atoms with Crippen LogP contribution < -0.4 is 5.56 Å². The van der Waals surface area contributed by atoms with Gasteiger partial charge in [-0.2, -0.15) is 5.26 Å². The highest BCUT2D eigenvalue weighted by Gasteiger charge is 2.14. The molecular formula is C17H11BrN2OS. The van der Waals surface area contributed by atoms with Crippen LogP contribution in [0, 0.1) is 18.3 Å². The second-order valence-electron chi connectivity index (χ2n) is 4.80. The van der Waals surface area contributed by atoms with Crippen LogP contribution in [0.5, 0.6) is 0 Å². The molecule has 3 rings (SSSR count). The van der Waals surface area contributed by atoms with Gasteiger partial charge in [-0.3, -0.25) is 4.79 Å². The molecule has 3 aromatic rings. The van der Waals surface area contributed by atoms with E-state index >= 15 is 0 Å². The number of nitriles is 1. The molecule has 0 saturated heterocycles. The van der Waals surface area contributed by atoms with Crippen LogP contribution >= 0.6 is 27.3 Å². The second kappa shape index (κ2) is 5.91. The predicted molar refractivity (Wildman–Crippen MR) is 93.0 cm³/mol. The normalized spacial score (nSPS) is 10.4. The van der Waals surface area contributed by atoms with Crippen molar-refractivity contribution >= 4 is 27.3 Å². The number of benzene rings is 1. The molecule has 0 atom stereocenters. The summed E-state index contributed by atoms with van der Waals surface area (Å²) in [5.41, 5.74) is 2.04. The van der Waals surface area contributed by atoms with Crippen LogP contribution in [0.25, 0.3) is 21.7 Å². The van der Waals surface area contributed by atoms with E-state index in [2.05, 4.69) is 20.9 Å². The van der Waals surface area contributed by atoms with E-state index in [1.807, 2.05) is 55.5 Å². The zero-order chi connectivity index (χ0) is 15.7. The number of rotatable bonds is 2. The van der Waals surface area contributed by atoms with E-state index in [4.69, 9.17) is 0 Å². The molecule has 0 aliphatic heterocycles. The molecule has 0 amide bonds. The number of aryl methyl sites for hydroxylation is 1. The molecule has 0 fully saturated rings. The molecule has 2 heterocycles. The largest absolute Gasteiger partial charge is 0.321 e. The average molecular weight is 371 g/mol. The number of halogens is 1. The lowest BCUT2D eigenvalue weighted by Crippen LogP contribution is -2.12. The first kappa shape index (κ1) is 14.8. The van der Waals surface area contributed by atoms with E-state index in [1.54, 1.807) is 11.3 Å². The van der Waals surface area contributed by atoms with Gasteiger partial charge in [-0.15, -0.1) is 11.3 Å². The summed E-state index contributed by atoms with van der Waals surface area (Å²) >= 11 is 5.07. The number of thiophene rings is 1. The lowest BCUT2D eigenvalue weighted by atomic mass is 10.0. The molecule has 3 nitrogen and oxygen atoms in total. The molecule has 22 heavy (non-hydrogen) atoms. The standard InChI is InChI=1S/C17H11BrN2OS/c1-10-6-7-16(22-10)12-8-15(20-17(21)13(12)9-19)11-4-2-3-5-14(11)18/h2-8H,1H3,(H,20,21). The Hall–Kier alpha value is -2.16. The van der Waals surface area contributed by atoms with Crippen molar-refractivity contribution in [3.8, 4) is 27.8 Å². The summed E-state index contributed by atoms with van der Waals surface area (Å²) in [4.78, 5) is 17.1. The van der Waals surface area contributed by atoms with Crippen LogP contribution in [0.2, 0.25) is 0 Å². The van der Waals surface area contributed by atoms with E-state index in [9.17, 15) is 10.1 Å². The second-order valence-corrected chi connectivity index (χ2v) is 6.94. The number of pyridine rings is 1. The van der Waals surface area contributed by atoms with Gasteiger partial charge in [0.25, 0.3) is 5.56 Å². The SMILES string of the molecule is Cc1ccc(-c2cc(-c3ccccc3Br)[nH]c(=O)c2C#N)s1. The number of aromatic amines is 1. The van der Waals surface area contributed by atoms with Gasteiger partial charge < -0.3 is 4.98 Å². The zero-order valence-corrected chi connectivity index (χ0v) is 14.1. The fourth-order valence-electron chi connectivity index (χ4n) is 2.27. The number of nitrogens with zero attached hydrogens (tertiary/aromatic N) is 1. The van der Waals surface area contributed by atoms with Gasteiger partial charge in [0, 0.05) is 25.4 Å². The Morgan fingerprint density at radius 1 is 1.18 bits per heavy atom. The molecule has 0 aliphatic rings. The van der Waals surface area contributed by atoms with E-state index in [-0.39, 0.29) is 11.1 Å². The average Bonchev–Trinajstić information content (AvgIpc) is 2.93. The molecule has 0 saturated carbocycles. The summed E-state index contributed by atoms with van der Waals surface area (Å²) in [6.07, 6.45) is 0. The number of H-pyrrole nitrogens is 1. The number of nitrogens with one attached hydrogen (secondary N) is 1. The van der Waals surface area contributed by atoms with Crippen molar-refractivity contribution in [3.05, 3.63) is 67.7 Å².